The van der Waals surface area contributed by atoms with Crippen LogP contribution in [-0.4, -0.2) is 28.3 Å². The molecule has 2 aliphatic heterocycles. The fourth-order valence-electron chi connectivity index (χ4n) is 5.77. The van der Waals surface area contributed by atoms with E-state index >= 15 is 0 Å². The molecule has 4 aromatic rings. The van der Waals surface area contributed by atoms with Gasteiger partial charge < -0.3 is 14.0 Å². The van der Waals surface area contributed by atoms with E-state index in [9.17, 15) is 0 Å². The maximum atomic E-state index is 6.43. The highest BCUT2D eigenvalue weighted by molar-refractivity contribution is 6.62. The third kappa shape index (κ3) is 2.61. The van der Waals surface area contributed by atoms with Gasteiger partial charge in [-0.3, -0.25) is 9.97 Å². The van der Waals surface area contributed by atoms with Crippen LogP contribution in [-0.2, 0) is 14.7 Å². The zero-order valence-corrected chi connectivity index (χ0v) is 20.2. The van der Waals surface area contributed by atoms with Crippen LogP contribution >= 0.6 is 0 Å². The largest absolute Gasteiger partial charge is 0.494 e. The van der Waals surface area contributed by atoms with Crippen molar-refractivity contribution in [3.63, 3.8) is 0 Å². The molecular weight excluding hydrogens is 435 g/mol. The van der Waals surface area contributed by atoms with E-state index in [1.807, 2.05) is 24.5 Å². The summed E-state index contributed by atoms with van der Waals surface area (Å²) in [7, 11) is -0.451. The summed E-state index contributed by atoms with van der Waals surface area (Å²) >= 11 is 0. The fraction of sp³-hybridized carbons (Fsp3) is 0.241. The van der Waals surface area contributed by atoms with E-state index in [0.717, 1.165) is 33.7 Å². The summed E-state index contributed by atoms with van der Waals surface area (Å²) < 4.78 is 19.2. The third-order valence-electron chi connectivity index (χ3n) is 8.18. The maximum Gasteiger partial charge on any atom is 0.494 e. The van der Waals surface area contributed by atoms with Gasteiger partial charge in [-0.2, -0.15) is 0 Å². The normalized spacial score (nSPS) is 19.5. The van der Waals surface area contributed by atoms with E-state index in [1.54, 1.807) is 12.4 Å². The van der Waals surface area contributed by atoms with Crippen molar-refractivity contribution in [3.8, 4) is 22.6 Å². The van der Waals surface area contributed by atoms with Crippen molar-refractivity contribution >= 4 is 12.6 Å². The Labute approximate surface area is 205 Å². The van der Waals surface area contributed by atoms with E-state index in [-0.39, 0.29) is 0 Å². The zero-order chi connectivity index (χ0) is 24.0. The Balaban J connectivity index is 1.54. The number of hydrogen-bond donors (Lipinski definition) is 0. The molecule has 3 aliphatic rings. The van der Waals surface area contributed by atoms with E-state index in [1.165, 1.54) is 16.7 Å². The van der Waals surface area contributed by atoms with Crippen molar-refractivity contribution in [2.45, 2.75) is 44.3 Å². The molecule has 1 fully saturated rings. The molecule has 1 aliphatic carbocycles. The van der Waals surface area contributed by atoms with E-state index in [4.69, 9.17) is 14.0 Å². The molecule has 0 radical (unpaired) electrons. The molecule has 5 nitrogen and oxygen atoms in total. The summed E-state index contributed by atoms with van der Waals surface area (Å²) in [5.74, 6) is 1.62. The number of aromatic nitrogens is 2. The molecule has 0 unspecified atom stereocenters. The van der Waals surface area contributed by atoms with Crippen LogP contribution in [0.1, 0.15) is 49.9 Å². The van der Waals surface area contributed by atoms with Crippen molar-refractivity contribution in [2.24, 2.45) is 0 Å². The number of hydrogen-bond acceptors (Lipinski definition) is 5. The lowest BCUT2D eigenvalue weighted by Crippen LogP contribution is -2.41. The van der Waals surface area contributed by atoms with Gasteiger partial charge in [0.1, 0.15) is 11.5 Å². The highest BCUT2D eigenvalue weighted by Crippen LogP contribution is 2.61. The first-order valence-electron chi connectivity index (χ1n) is 12.0. The van der Waals surface area contributed by atoms with Crippen LogP contribution in [0.5, 0.6) is 11.5 Å². The Kier molecular flexibility index (Phi) is 4.06. The van der Waals surface area contributed by atoms with Crippen LogP contribution in [0.25, 0.3) is 11.1 Å². The number of nitrogens with zero attached hydrogens (tertiary/aromatic N) is 2. The minimum absolute atomic E-state index is 0.414. The lowest BCUT2D eigenvalue weighted by molar-refractivity contribution is 0.00578. The van der Waals surface area contributed by atoms with E-state index in [2.05, 4.69) is 80.1 Å². The highest BCUT2D eigenvalue weighted by Gasteiger charge is 2.54. The van der Waals surface area contributed by atoms with Gasteiger partial charge >= 0.3 is 7.12 Å². The Hall–Kier alpha value is -3.48. The minimum atomic E-state index is -0.600. The first-order chi connectivity index (χ1) is 16.8. The number of pyridine rings is 2. The van der Waals surface area contributed by atoms with Gasteiger partial charge in [0.25, 0.3) is 0 Å². The molecule has 0 amide bonds. The molecule has 6 heteroatoms. The van der Waals surface area contributed by atoms with Crippen molar-refractivity contribution in [1.82, 2.24) is 9.97 Å². The van der Waals surface area contributed by atoms with Gasteiger partial charge in [0.2, 0.25) is 0 Å². The second-order valence-electron chi connectivity index (χ2n) is 10.5. The molecule has 1 spiro atoms. The lowest BCUT2D eigenvalue weighted by atomic mass is 9.65. The van der Waals surface area contributed by atoms with Gasteiger partial charge in [0.15, 0.2) is 0 Å². The standard InChI is InChI=1S/C29H25BN2O3/c1-27(2)28(3,4)35-30(34-27)18-9-10-20-19-7-5-6-8-21(19)29(22(20)15-18)23-16-31-13-11-25(23)33-26-12-14-32-17-24(26)29/h5-17H,1-4H3. The Morgan fingerprint density at radius 2 is 1.26 bits per heavy atom. The quantitative estimate of drug-likeness (QED) is 0.314. The van der Waals surface area contributed by atoms with Crippen LogP contribution in [0.2, 0.25) is 0 Å². The number of benzene rings is 2. The zero-order valence-electron chi connectivity index (χ0n) is 20.2. The molecule has 0 N–H and O–H groups in total. The molecule has 0 bridgehead atoms. The average Bonchev–Trinajstić information content (AvgIpc) is 3.26. The van der Waals surface area contributed by atoms with E-state index < -0.39 is 23.7 Å². The van der Waals surface area contributed by atoms with Crippen LogP contribution in [0, 0.1) is 0 Å². The number of ether oxygens (including phenoxy) is 1. The number of fused-ring (bicyclic) bond motifs is 9. The van der Waals surface area contributed by atoms with Crippen molar-refractivity contribution < 1.29 is 14.0 Å². The highest BCUT2D eigenvalue weighted by atomic mass is 16.7. The SMILES string of the molecule is CC1(C)OB(c2ccc3c(c2)C2(c4cnccc4Oc4ccncc42)c2ccccc2-3)OC1(C)C. The summed E-state index contributed by atoms with van der Waals surface area (Å²) in [5, 5.41) is 0. The summed E-state index contributed by atoms with van der Waals surface area (Å²) in [5.41, 5.74) is 6.35. The fourth-order valence-corrected chi connectivity index (χ4v) is 5.77. The first kappa shape index (κ1) is 20.9. The first-order valence-corrected chi connectivity index (χ1v) is 12.0. The smallest absolute Gasteiger partial charge is 0.456 e. The predicted octanol–water partition coefficient (Wildman–Crippen LogP) is 5.24. The molecule has 35 heavy (non-hydrogen) atoms. The van der Waals surface area contributed by atoms with Gasteiger partial charge in [-0.15, -0.1) is 0 Å². The molecule has 7 rings (SSSR count). The summed E-state index contributed by atoms with van der Waals surface area (Å²) in [6.45, 7) is 8.33. The summed E-state index contributed by atoms with van der Waals surface area (Å²) in [6, 6.07) is 19.1. The second kappa shape index (κ2) is 6.81. The molecule has 1 saturated heterocycles. The van der Waals surface area contributed by atoms with Gasteiger partial charge in [-0.25, -0.2) is 0 Å². The van der Waals surface area contributed by atoms with Gasteiger partial charge in [0, 0.05) is 35.9 Å². The van der Waals surface area contributed by atoms with Crippen LogP contribution in [0.4, 0.5) is 0 Å². The second-order valence-corrected chi connectivity index (χ2v) is 10.5. The Morgan fingerprint density at radius 3 is 1.91 bits per heavy atom. The van der Waals surface area contributed by atoms with E-state index in [0.29, 0.717) is 0 Å². The van der Waals surface area contributed by atoms with Crippen LogP contribution < -0.4 is 10.2 Å². The maximum absolute atomic E-state index is 6.43. The van der Waals surface area contributed by atoms with Crippen LogP contribution in [0.3, 0.4) is 0 Å². The molecule has 2 aromatic heterocycles. The van der Waals surface area contributed by atoms with Crippen LogP contribution in [0.15, 0.2) is 79.4 Å². The monoisotopic (exact) mass is 460 g/mol. The van der Waals surface area contributed by atoms with Crippen molar-refractivity contribution in [1.29, 1.82) is 0 Å². The minimum Gasteiger partial charge on any atom is -0.456 e. The molecule has 2 aromatic carbocycles. The average molecular weight is 460 g/mol. The Morgan fingerprint density at radius 1 is 0.657 bits per heavy atom. The Bertz CT molecular complexity index is 1450. The molecule has 0 atom stereocenters. The predicted molar refractivity (Wildman–Crippen MR) is 135 cm³/mol. The van der Waals surface area contributed by atoms with Gasteiger partial charge in [0.05, 0.1) is 16.6 Å². The topological polar surface area (TPSA) is 53.5 Å². The van der Waals surface area contributed by atoms with Crippen molar-refractivity contribution in [3.05, 3.63) is 102 Å². The van der Waals surface area contributed by atoms with Crippen molar-refractivity contribution in [2.75, 3.05) is 0 Å². The molecule has 172 valence electrons. The lowest BCUT2D eigenvalue weighted by Gasteiger charge is -2.38. The summed E-state index contributed by atoms with van der Waals surface area (Å²) in [4.78, 5) is 9.05. The molecular formula is C29H25BN2O3. The van der Waals surface area contributed by atoms with Gasteiger partial charge in [-0.1, -0.05) is 42.5 Å². The molecule has 4 heterocycles. The van der Waals surface area contributed by atoms with Gasteiger partial charge in [-0.05, 0) is 67.5 Å². The number of rotatable bonds is 1. The third-order valence-corrected chi connectivity index (χ3v) is 8.18. The summed E-state index contributed by atoms with van der Waals surface area (Å²) in [6.07, 6.45) is 7.42. The molecule has 0 saturated carbocycles.